The van der Waals surface area contributed by atoms with Crippen LogP contribution in [0.15, 0.2) is 18.2 Å². The molecule has 0 fully saturated rings. The lowest BCUT2D eigenvalue weighted by atomic mass is 10.1. The van der Waals surface area contributed by atoms with Gasteiger partial charge in [0.05, 0.1) is 14.2 Å². The second kappa shape index (κ2) is 5.58. The Morgan fingerprint density at radius 1 is 1.27 bits per heavy atom. The fourth-order valence-corrected chi connectivity index (χ4v) is 1.39. The summed E-state index contributed by atoms with van der Waals surface area (Å²) in [5.41, 5.74) is 12.3. The van der Waals surface area contributed by atoms with Crippen LogP contribution in [0, 0.1) is 0 Å². The Labute approximate surface area is 90.2 Å². The molecule has 1 atom stereocenters. The monoisotopic (exact) mass is 210 g/mol. The van der Waals surface area contributed by atoms with Crippen LogP contribution in [-0.4, -0.2) is 26.8 Å². The molecule has 4 N–H and O–H groups in total. The van der Waals surface area contributed by atoms with E-state index in [1.807, 2.05) is 18.2 Å². The molecule has 0 aliphatic rings. The van der Waals surface area contributed by atoms with E-state index in [1.54, 1.807) is 14.2 Å². The number of methoxy groups -OCH3 is 2. The Morgan fingerprint density at radius 2 is 2.00 bits per heavy atom. The first-order chi connectivity index (χ1) is 7.21. The van der Waals surface area contributed by atoms with Gasteiger partial charge < -0.3 is 20.9 Å². The molecule has 0 aliphatic heterocycles. The fourth-order valence-electron chi connectivity index (χ4n) is 1.39. The van der Waals surface area contributed by atoms with Crippen molar-refractivity contribution in [2.75, 3.05) is 20.8 Å². The predicted molar refractivity (Wildman–Crippen MR) is 60.3 cm³/mol. The summed E-state index contributed by atoms with van der Waals surface area (Å²) in [4.78, 5) is 0. The van der Waals surface area contributed by atoms with Crippen LogP contribution in [0.4, 0.5) is 0 Å². The zero-order chi connectivity index (χ0) is 11.3. The Morgan fingerprint density at radius 3 is 2.53 bits per heavy atom. The smallest absolute Gasteiger partial charge is 0.125 e. The van der Waals surface area contributed by atoms with Crippen LogP contribution < -0.4 is 20.9 Å². The summed E-state index contributed by atoms with van der Waals surface area (Å²) in [6.45, 7) is 0.467. The van der Waals surface area contributed by atoms with Crippen LogP contribution in [0.1, 0.15) is 5.56 Å². The lowest BCUT2D eigenvalue weighted by Crippen LogP contribution is -2.31. The molecule has 1 aromatic carbocycles. The van der Waals surface area contributed by atoms with Crippen molar-refractivity contribution in [2.24, 2.45) is 11.5 Å². The third-order valence-corrected chi connectivity index (χ3v) is 2.28. The van der Waals surface area contributed by atoms with E-state index >= 15 is 0 Å². The zero-order valence-corrected chi connectivity index (χ0v) is 9.19. The minimum atomic E-state index is -0.0349. The largest absolute Gasteiger partial charge is 0.497 e. The second-order valence-electron chi connectivity index (χ2n) is 3.38. The third kappa shape index (κ3) is 3.11. The zero-order valence-electron chi connectivity index (χ0n) is 9.19. The number of rotatable bonds is 5. The quantitative estimate of drug-likeness (QED) is 0.744. The van der Waals surface area contributed by atoms with Gasteiger partial charge in [0.2, 0.25) is 0 Å². The van der Waals surface area contributed by atoms with Gasteiger partial charge in [0.25, 0.3) is 0 Å². The highest BCUT2D eigenvalue weighted by atomic mass is 16.5. The van der Waals surface area contributed by atoms with Gasteiger partial charge in [-0.25, -0.2) is 0 Å². The van der Waals surface area contributed by atoms with Gasteiger partial charge in [-0.2, -0.15) is 0 Å². The molecule has 15 heavy (non-hydrogen) atoms. The third-order valence-electron chi connectivity index (χ3n) is 2.28. The molecular weight excluding hydrogens is 192 g/mol. The van der Waals surface area contributed by atoms with Gasteiger partial charge in [-0.1, -0.05) is 6.07 Å². The average Bonchev–Trinajstić information content (AvgIpc) is 2.29. The van der Waals surface area contributed by atoms with Crippen LogP contribution in [0.2, 0.25) is 0 Å². The van der Waals surface area contributed by atoms with E-state index in [-0.39, 0.29) is 6.04 Å². The Balaban J connectivity index is 2.87. The van der Waals surface area contributed by atoms with E-state index in [1.165, 1.54) is 0 Å². The molecule has 0 spiro atoms. The van der Waals surface area contributed by atoms with Crippen molar-refractivity contribution in [2.45, 2.75) is 12.5 Å². The van der Waals surface area contributed by atoms with Crippen LogP contribution in [0.5, 0.6) is 11.5 Å². The summed E-state index contributed by atoms with van der Waals surface area (Å²) >= 11 is 0. The lowest BCUT2D eigenvalue weighted by Gasteiger charge is -2.13. The summed E-state index contributed by atoms with van der Waals surface area (Å²) in [5, 5.41) is 0. The topological polar surface area (TPSA) is 70.5 Å². The van der Waals surface area contributed by atoms with Crippen LogP contribution in [-0.2, 0) is 6.42 Å². The first-order valence-electron chi connectivity index (χ1n) is 4.87. The maximum absolute atomic E-state index is 5.79. The summed E-state index contributed by atoms with van der Waals surface area (Å²) in [5.74, 6) is 1.56. The molecule has 4 heteroatoms. The van der Waals surface area contributed by atoms with Crippen LogP contribution >= 0.6 is 0 Å². The van der Waals surface area contributed by atoms with E-state index < -0.39 is 0 Å². The van der Waals surface area contributed by atoms with Gasteiger partial charge in [0.15, 0.2) is 0 Å². The molecule has 0 heterocycles. The van der Waals surface area contributed by atoms with Crippen LogP contribution in [0.25, 0.3) is 0 Å². The predicted octanol–water partition coefficient (Wildman–Crippen LogP) is 0.532. The van der Waals surface area contributed by atoms with Crippen molar-refractivity contribution in [1.29, 1.82) is 0 Å². The molecule has 0 aromatic heterocycles. The Hall–Kier alpha value is -1.26. The average molecular weight is 210 g/mol. The normalized spacial score (nSPS) is 12.3. The molecule has 4 nitrogen and oxygen atoms in total. The number of hydrogen-bond acceptors (Lipinski definition) is 4. The first-order valence-corrected chi connectivity index (χ1v) is 4.87. The lowest BCUT2D eigenvalue weighted by molar-refractivity contribution is 0.390. The molecule has 0 amide bonds. The highest BCUT2D eigenvalue weighted by Crippen LogP contribution is 2.25. The molecular formula is C11H18N2O2. The molecule has 0 aliphatic carbocycles. The van der Waals surface area contributed by atoms with E-state index in [4.69, 9.17) is 20.9 Å². The number of ether oxygens (including phenoxy) is 2. The SMILES string of the molecule is COc1ccc(CC(N)CN)c(OC)c1. The van der Waals surface area contributed by atoms with E-state index in [9.17, 15) is 0 Å². The standard InChI is InChI=1S/C11H18N2O2/c1-14-10-4-3-8(5-9(13)7-12)11(6-10)15-2/h3-4,6,9H,5,7,12-13H2,1-2H3. The highest BCUT2D eigenvalue weighted by molar-refractivity contribution is 5.41. The van der Waals surface area contributed by atoms with Crippen molar-refractivity contribution < 1.29 is 9.47 Å². The van der Waals surface area contributed by atoms with Gasteiger partial charge in [-0.15, -0.1) is 0 Å². The minimum absolute atomic E-state index is 0.0349. The minimum Gasteiger partial charge on any atom is -0.497 e. The van der Waals surface area contributed by atoms with E-state index in [0.29, 0.717) is 13.0 Å². The summed E-state index contributed by atoms with van der Waals surface area (Å²) in [6.07, 6.45) is 0.712. The maximum Gasteiger partial charge on any atom is 0.125 e. The molecule has 0 bridgehead atoms. The fraction of sp³-hybridized carbons (Fsp3) is 0.455. The van der Waals surface area contributed by atoms with E-state index in [2.05, 4.69) is 0 Å². The van der Waals surface area contributed by atoms with Gasteiger partial charge in [-0.3, -0.25) is 0 Å². The molecule has 1 aromatic rings. The molecule has 0 radical (unpaired) electrons. The number of nitrogens with two attached hydrogens (primary N) is 2. The molecule has 0 saturated heterocycles. The Bertz CT molecular complexity index is 315. The van der Waals surface area contributed by atoms with Gasteiger partial charge in [0, 0.05) is 18.7 Å². The van der Waals surface area contributed by atoms with Crippen molar-refractivity contribution in [3.8, 4) is 11.5 Å². The van der Waals surface area contributed by atoms with Crippen molar-refractivity contribution in [1.82, 2.24) is 0 Å². The first kappa shape index (κ1) is 11.8. The maximum atomic E-state index is 5.79. The number of benzene rings is 1. The van der Waals surface area contributed by atoms with Crippen LogP contribution in [0.3, 0.4) is 0 Å². The molecule has 84 valence electrons. The summed E-state index contributed by atoms with van der Waals surface area (Å²) in [7, 11) is 3.26. The van der Waals surface area contributed by atoms with Gasteiger partial charge in [-0.05, 0) is 18.1 Å². The Kier molecular flexibility index (Phi) is 4.39. The second-order valence-corrected chi connectivity index (χ2v) is 3.38. The molecule has 0 saturated carbocycles. The van der Waals surface area contributed by atoms with Crippen molar-refractivity contribution >= 4 is 0 Å². The van der Waals surface area contributed by atoms with Gasteiger partial charge in [0.1, 0.15) is 11.5 Å². The summed E-state index contributed by atoms with van der Waals surface area (Å²) in [6, 6.07) is 5.65. The number of hydrogen-bond donors (Lipinski definition) is 2. The summed E-state index contributed by atoms with van der Waals surface area (Å²) < 4.78 is 10.4. The molecule has 1 rings (SSSR count). The van der Waals surface area contributed by atoms with Crippen molar-refractivity contribution in [3.63, 3.8) is 0 Å². The van der Waals surface area contributed by atoms with Gasteiger partial charge >= 0.3 is 0 Å². The van der Waals surface area contributed by atoms with E-state index in [0.717, 1.165) is 17.1 Å². The molecule has 1 unspecified atom stereocenters. The van der Waals surface area contributed by atoms with Crippen molar-refractivity contribution in [3.05, 3.63) is 23.8 Å². The highest BCUT2D eigenvalue weighted by Gasteiger charge is 2.08.